The van der Waals surface area contributed by atoms with Gasteiger partial charge in [0.05, 0.1) is 37.9 Å². The molecule has 0 aliphatic heterocycles. The van der Waals surface area contributed by atoms with Crippen molar-refractivity contribution in [3.63, 3.8) is 0 Å². The molecule has 2 aromatic carbocycles. The molecule has 2 heterocycles. The lowest BCUT2D eigenvalue weighted by molar-refractivity contribution is 0.0729. The van der Waals surface area contributed by atoms with Crippen molar-refractivity contribution >= 4 is 40.3 Å². The summed E-state index contributed by atoms with van der Waals surface area (Å²) in [7, 11) is 3.03. The van der Waals surface area contributed by atoms with E-state index in [9.17, 15) is 4.79 Å². The molecular weight excluding hydrogens is 511 g/mol. The van der Waals surface area contributed by atoms with Crippen LogP contribution in [0.5, 0.6) is 11.5 Å². The summed E-state index contributed by atoms with van der Waals surface area (Å²) in [6.45, 7) is 5.60. The number of carbonyl (C=O) groups is 1. The molecule has 0 spiro atoms. The molecule has 0 aliphatic carbocycles. The van der Waals surface area contributed by atoms with Gasteiger partial charge in [0.1, 0.15) is 11.3 Å². The Morgan fingerprint density at radius 1 is 1.08 bits per heavy atom. The Hall–Kier alpha value is -3.29. The lowest BCUT2D eigenvalue weighted by Crippen LogP contribution is -2.33. The van der Waals surface area contributed by atoms with Crippen molar-refractivity contribution in [2.45, 2.75) is 33.4 Å². The molecule has 1 amide bonds. The van der Waals surface area contributed by atoms with E-state index >= 15 is 0 Å². The molecule has 4 aromatic rings. The molecule has 194 valence electrons. The van der Waals surface area contributed by atoms with Gasteiger partial charge in [0.2, 0.25) is 0 Å². The van der Waals surface area contributed by atoms with Gasteiger partial charge in [-0.15, -0.1) is 0 Å². The highest BCUT2D eigenvalue weighted by Crippen LogP contribution is 2.38. The second kappa shape index (κ2) is 11.8. The third kappa shape index (κ3) is 6.00. The van der Waals surface area contributed by atoms with Crippen molar-refractivity contribution < 1.29 is 14.3 Å². The van der Waals surface area contributed by atoms with E-state index < -0.39 is 0 Å². The number of hydrogen-bond donors (Lipinski definition) is 0. The molecule has 9 heteroatoms. The zero-order valence-electron chi connectivity index (χ0n) is 21.4. The van der Waals surface area contributed by atoms with Crippen LogP contribution in [-0.4, -0.2) is 46.1 Å². The van der Waals surface area contributed by atoms with Crippen LogP contribution in [0, 0.1) is 5.92 Å². The molecule has 0 radical (unpaired) electrons. The Kier molecular flexibility index (Phi) is 8.56. The van der Waals surface area contributed by atoms with Gasteiger partial charge in [-0.2, -0.15) is 0 Å². The number of rotatable bonds is 10. The smallest absolute Gasteiger partial charge is 0.255 e. The van der Waals surface area contributed by atoms with Gasteiger partial charge < -0.3 is 18.9 Å². The molecule has 0 N–H and O–H groups in total. The van der Waals surface area contributed by atoms with Crippen molar-refractivity contribution in [2.75, 3.05) is 20.8 Å². The minimum absolute atomic E-state index is 0.207. The molecule has 4 rings (SSSR count). The summed E-state index contributed by atoms with van der Waals surface area (Å²) in [5, 5.41) is 0.878. The molecule has 0 bridgehead atoms. The maximum atomic E-state index is 13.9. The highest BCUT2D eigenvalue weighted by molar-refractivity contribution is 6.35. The largest absolute Gasteiger partial charge is 0.493 e. The minimum atomic E-state index is -0.207. The molecule has 7 nitrogen and oxygen atoms in total. The Morgan fingerprint density at radius 3 is 2.59 bits per heavy atom. The first-order chi connectivity index (χ1) is 17.8. The summed E-state index contributed by atoms with van der Waals surface area (Å²) in [5.41, 5.74) is 2.87. The van der Waals surface area contributed by atoms with E-state index in [-0.39, 0.29) is 17.5 Å². The van der Waals surface area contributed by atoms with Crippen molar-refractivity contribution in [1.29, 1.82) is 0 Å². The number of pyridine rings is 1. The van der Waals surface area contributed by atoms with Gasteiger partial charge in [-0.1, -0.05) is 49.2 Å². The van der Waals surface area contributed by atoms with Crippen LogP contribution in [0.2, 0.25) is 10.0 Å². The molecule has 2 aromatic heterocycles. The van der Waals surface area contributed by atoms with E-state index in [1.54, 1.807) is 23.2 Å². The topological polar surface area (TPSA) is 69.5 Å². The fourth-order valence-corrected chi connectivity index (χ4v) is 4.70. The van der Waals surface area contributed by atoms with Crippen LogP contribution in [0.1, 0.15) is 42.0 Å². The Morgan fingerprint density at radius 2 is 1.89 bits per heavy atom. The molecule has 0 saturated heterocycles. The fourth-order valence-electron chi connectivity index (χ4n) is 4.17. The number of halogens is 2. The van der Waals surface area contributed by atoms with E-state index in [4.69, 9.17) is 37.7 Å². The number of imidazole rings is 1. The zero-order chi connectivity index (χ0) is 26.5. The number of carbonyl (C=O) groups excluding carboxylic acids is 1. The quantitative estimate of drug-likeness (QED) is 0.230. The average Bonchev–Trinajstić information content (AvgIpc) is 3.22. The van der Waals surface area contributed by atoms with E-state index in [1.165, 1.54) is 14.2 Å². The number of benzene rings is 2. The fraction of sp³-hybridized carbons (Fsp3) is 0.321. The Labute approximate surface area is 226 Å². The maximum absolute atomic E-state index is 13.9. The van der Waals surface area contributed by atoms with Crippen molar-refractivity contribution in [3.8, 4) is 11.5 Å². The standard InChI is InChI=1S/C28H30Cl2N4O3/c1-18(2)12-14-33(28(35)21-10-11-23(36-3)26(37-4)25(21)30)17-24-32-22-9-6-13-31-27(22)34(24)16-19-7-5-8-20(29)15-19/h5-11,13,15,18H,12,14,16-17H2,1-4H3. The normalized spacial score (nSPS) is 11.2. The van der Waals surface area contributed by atoms with E-state index in [0.29, 0.717) is 41.1 Å². The van der Waals surface area contributed by atoms with Crippen LogP contribution in [0.25, 0.3) is 11.2 Å². The lowest BCUT2D eigenvalue weighted by Gasteiger charge is -2.25. The number of hydrogen-bond acceptors (Lipinski definition) is 5. The van der Waals surface area contributed by atoms with Gasteiger partial charge in [-0.25, -0.2) is 9.97 Å². The summed E-state index contributed by atoms with van der Waals surface area (Å²) in [6.07, 6.45) is 2.57. The highest BCUT2D eigenvalue weighted by Gasteiger charge is 2.25. The second-order valence-corrected chi connectivity index (χ2v) is 9.98. The number of methoxy groups -OCH3 is 2. The van der Waals surface area contributed by atoms with Gasteiger partial charge in [-0.05, 0) is 54.3 Å². The van der Waals surface area contributed by atoms with E-state index in [2.05, 4.69) is 18.8 Å². The van der Waals surface area contributed by atoms with Crippen molar-refractivity contribution in [2.24, 2.45) is 5.92 Å². The maximum Gasteiger partial charge on any atom is 0.255 e. The van der Waals surface area contributed by atoms with Crippen LogP contribution in [0.4, 0.5) is 0 Å². The number of aromatic nitrogens is 3. The average molecular weight is 541 g/mol. The predicted octanol–water partition coefficient (Wildman–Crippen LogP) is 6.49. The SMILES string of the molecule is COc1ccc(C(=O)N(CCC(C)C)Cc2nc3cccnc3n2Cc2cccc(Cl)c2)c(Cl)c1OC. The molecule has 0 saturated carbocycles. The summed E-state index contributed by atoms with van der Waals surface area (Å²) in [5.74, 6) is 1.72. The first kappa shape index (κ1) is 26.8. The molecule has 0 fully saturated rings. The molecule has 0 unspecified atom stereocenters. The van der Waals surface area contributed by atoms with Gasteiger partial charge in [0, 0.05) is 17.8 Å². The first-order valence-electron chi connectivity index (χ1n) is 12.1. The summed E-state index contributed by atoms with van der Waals surface area (Å²) >= 11 is 12.9. The zero-order valence-corrected chi connectivity index (χ0v) is 22.9. The highest BCUT2D eigenvalue weighted by atomic mass is 35.5. The van der Waals surface area contributed by atoms with E-state index in [1.807, 2.05) is 41.0 Å². The summed E-state index contributed by atoms with van der Waals surface area (Å²) in [4.78, 5) is 25.1. The van der Waals surface area contributed by atoms with Crippen LogP contribution >= 0.6 is 23.2 Å². The van der Waals surface area contributed by atoms with Gasteiger partial charge in [0.25, 0.3) is 5.91 Å². The second-order valence-electron chi connectivity index (χ2n) is 9.16. The predicted molar refractivity (Wildman–Crippen MR) is 147 cm³/mol. The number of fused-ring (bicyclic) bond motifs is 1. The minimum Gasteiger partial charge on any atom is -0.493 e. The van der Waals surface area contributed by atoms with Crippen molar-refractivity contribution in [1.82, 2.24) is 19.4 Å². The molecule has 0 atom stereocenters. The van der Waals surface area contributed by atoms with Crippen molar-refractivity contribution in [3.05, 3.63) is 81.7 Å². The third-order valence-electron chi connectivity index (χ3n) is 6.12. The lowest BCUT2D eigenvalue weighted by atomic mass is 10.1. The molecule has 37 heavy (non-hydrogen) atoms. The number of ether oxygens (including phenoxy) is 2. The van der Waals surface area contributed by atoms with Gasteiger partial charge in [-0.3, -0.25) is 4.79 Å². The number of amides is 1. The number of nitrogens with zero attached hydrogens (tertiary/aromatic N) is 4. The summed E-state index contributed by atoms with van der Waals surface area (Å²) in [6, 6.07) is 14.8. The van der Waals surface area contributed by atoms with Crippen LogP contribution in [0.3, 0.4) is 0 Å². The monoisotopic (exact) mass is 540 g/mol. The Bertz CT molecular complexity index is 1400. The van der Waals surface area contributed by atoms with Crippen LogP contribution in [0.15, 0.2) is 54.7 Å². The third-order valence-corrected chi connectivity index (χ3v) is 6.73. The first-order valence-corrected chi connectivity index (χ1v) is 12.8. The van der Waals surface area contributed by atoms with E-state index in [0.717, 1.165) is 29.0 Å². The summed E-state index contributed by atoms with van der Waals surface area (Å²) < 4.78 is 12.8. The molecule has 0 aliphatic rings. The van der Waals surface area contributed by atoms with Crippen LogP contribution < -0.4 is 9.47 Å². The Balaban J connectivity index is 1.74. The van der Waals surface area contributed by atoms with Gasteiger partial charge >= 0.3 is 0 Å². The van der Waals surface area contributed by atoms with Crippen LogP contribution in [-0.2, 0) is 13.1 Å². The van der Waals surface area contributed by atoms with Gasteiger partial charge in [0.15, 0.2) is 17.1 Å². The molecular formula is C28H30Cl2N4O3.